The van der Waals surface area contributed by atoms with Gasteiger partial charge in [-0.25, -0.2) is 0 Å². The van der Waals surface area contributed by atoms with E-state index in [0.717, 1.165) is 55.2 Å². The van der Waals surface area contributed by atoms with Gasteiger partial charge in [0.25, 0.3) is 0 Å². The van der Waals surface area contributed by atoms with Gasteiger partial charge >= 0.3 is 0 Å². The Morgan fingerprint density at radius 2 is 1.80 bits per heavy atom. The zero-order chi connectivity index (χ0) is 24.0. The minimum atomic E-state index is 0.265. The molecule has 2 aromatic carbocycles. The molecule has 0 N–H and O–H groups in total. The minimum absolute atomic E-state index is 0.265. The third-order valence-corrected chi connectivity index (χ3v) is 7.16. The van der Waals surface area contributed by atoms with Crippen molar-refractivity contribution in [1.29, 1.82) is 0 Å². The number of hydrogen-bond acceptors (Lipinski definition) is 5. The van der Waals surface area contributed by atoms with Crippen LogP contribution in [0, 0.1) is 5.92 Å². The lowest BCUT2D eigenvalue weighted by Gasteiger charge is -2.47. The van der Waals surface area contributed by atoms with E-state index in [1.165, 1.54) is 5.56 Å². The van der Waals surface area contributed by atoms with Crippen LogP contribution in [0.1, 0.15) is 36.1 Å². The van der Waals surface area contributed by atoms with Gasteiger partial charge in [-0.05, 0) is 54.2 Å². The van der Waals surface area contributed by atoms with Crippen LogP contribution in [-0.4, -0.2) is 46.9 Å². The van der Waals surface area contributed by atoms with Gasteiger partial charge in [0.15, 0.2) is 11.5 Å². The molecule has 2 aliphatic heterocycles. The molecule has 3 aromatic rings. The van der Waals surface area contributed by atoms with E-state index in [1.807, 2.05) is 42.5 Å². The standard InChI is InChI=1S/C29H33N3O3/c1-34-28-17-23(10-12-27(28)35-21-22-7-3-2-4-8-22)18-31-16-14-26-24(19-31)11-13-29(33)32(26)20-25-9-5-6-15-30-25/h2-10,12,15,17,24,26H,11,13-14,16,18-21H2,1H3/t24-,26+/m1/s1. The molecule has 0 aliphatic carbocycles. The lowest BCUT2D eigenvalue weighted by molar-refractivity contribution is -0.142. The number of rotatable bonds is 8. The Morgan fingerprint density at radius 3 is 2.60 bits per heavy atom. The Hall–Kier alpha value is -3.38. The molecule has 0 bridgehead atoms. The predicted molar refractivity (Wildman–Crippen MR) is 135 cm³/mol. The molecule has 3 heterocycles. The summed E-state index contributed by atoms with van der Waals surface area (Å²) in [7, 11) is 1.69. The average Bonchev–Trinajstić information content (AvgIpc) is 2.90. The molecule has 2 aliphatic rings. The van der Waals surface area contributed by atoms with E-state index >= 15 is 0 Å². The SMILES string of the molecule is COc1cc(CN2CC[C@H]3[C@H](CCC(=O)N3Cc3ccccn3)C2)ccc1OCc1ccccc1. The van der Waals surface area contributed by atoms with Gasteiger partial charge < -0.3 is 14.4 Å². The second kappa shape index (κ2) is 10.9. The van der Waals surface area contributed by atoms with Gasteiger partial charge in [-0.2, -0.15) is 0 Å². The Morgan fingerprint density at radius 1 is 0.943 bits per heavy atom. The quantitative estimate of drug-likeness (QED) is 0.477. The maximum absolute atomic E-state index is 12.7. The van der Waals surface area contributed by atoms with Gasteiger partial charge in [-0.3, -0.25) is 14.7 Å². The van der Waals surface area contributed by atoms with E-state index in [4.69, 9.17) is 9.47 Å². The largest absolute Gasteiger partial charge is 0.493 e. The number of fused-ring (bicyclic) bond motifs is 1. The number of carbonyl (C=O) groups excluding carboxylic acids is 1. The van der Waals surface area contributed by atoms with Crippen molar-refractivity contribution in [2.45, 2.75) is 45.0 Å². The highest BCUT2D eigenvalue weighted by Gasteiger charge is 2.39. The summed E-state index contributed by atoms with van der Waals surface area (Å²) in [5.41, 5.74) is 3.31. The summed E-state index contributed by atoms with van der Waals surface area (Å²) in [6.07, 6.45) is 4.40. The number of methoxy groups -OCH3 is 1. The first-order valence-corrected chi connectivity index (χ1v) is 12.4. The number of nitrogens with zero attached hydrogens (tertiary/aromatic N) is 3. The number of piperidine rings is 2. The molecule has 0 spiro atoms. The molecule has 2 fully saturated rings. The number of amides is 1. The highest BCUT2D eigenvalue weighted by Crippen LogP contribution is 2.34. The molecule has 182 valence electrons. The zero-order valence-electron chi connectivity index (χ0n) is 20.3. The first-order chi connectivity index (χ1) is 17.2. The van der Waals surface area contributed by atoms with Gasteiger partial charge in [0.1, 0.15) is 6.61 Å². The Labute approximate surface area is 207 Å². The van der Waals surface area contributed by atoms with E-state index in [0.29, 0.717) is 31.5 Å². The van der Waals surface area contributed by atoms with E-state index in [-0.39, 0.29) is 5.91 Å². The second-order valence-corrected chi connectivity index (χ2v) is 9.49. The van der Waals surface area contributed by atoms with Crippen LogP contribution in [-0.2, 0) is 24.5 Å². The number of pyridine rings is 1. The van der Waals surface area contributed by atoms with E-state index < -0.39 is 0 Å². The fourth-order valence-electron chi connectivity index (χ4n) is 5.36. The highest BCUT2D eigenvalue weighted by molar-refractivity contribution is 5.77. The molecular weight excluding hydrogens is 438 g/mol. The number of likely N-dealkylation sites (tertiary alicyclic amines) is 2. The van der Waals surface area contributed by atoms with Crippen LogP contribution in [0.2, 0.25) is 0 Å². The maximum Gasteiger partial charge on any atom is 0.223 e. The zero-order valence-corrected chi connectivity index (χ0v) is 20.3. The lowest BCUT2D eigenvalue weighted by Crippen LogP contribution is -2.55. The molecule has 1 aromatic heterocycles. The van der Waals surface area contributed by atoms with Crippen molar-refractivity contribution in [3.05, 3.63) is 89.7 Å². The lowest BCUT2D eigenvalue weighted by atomic mass is 9.83. The smallest absolute Gasteiger partial charge is 0.223 e. The fourth-order valence-corrected chi connectivity index (χ4v) is 5.36. The third kappa shape index (κ3) is 5.65. The first-order valence-electron chi connectivity index (χ1n) is 12.4. The minimum Gasteiger partial charge on any atom is -0.493 e. The van der Waals surface area contributed by atoms with Crippen LogP contribution in [0.15, 0.2) is 72.9 Å². The Kier molecular flexibility index (Phi) is 7.28. The summed E-state index contributed by atoms with van der Waals surface area (Å²) in [4.78, 5) is 21.8. The number of aromatic nitrogens is 1. The highest BCUT2D eigenvalue weighted by atomic mass is 16.5. The third-order valence-electron chi connectivity index (χ3n) is 7.16. The molecule has 2 atom stereocenters. The van der Waals surface area contributed by atoms with Crippen molar-refractivity contribution in [3.63, 3.8) is 0 Å². The molecule has 35 heavy (non-hydrogen) atoms. The molecule has 2 saturated heterocycles. The van der Waals surface area contributed by atoms with Crippen LogP contribution in [0.3, 0.4) is 0 Å². The van der Waals surface area contributed by atoms with Crippen molar-refractivity contribution < 1.29 is 14.3 Å². The second-order valence-electron chi connectivity index (χ2n) is 9.49. The van der Waals surface area contributed by atoms with Crippen molar-refractivity contribution in [1.82, 2.24) is 14.8 Å². The molecule has 6 nitrogen and oxygen atoms in total. The van der Waals surface area contributed by atoms with Crippen LogP contribution in [0.4, 0.5) is 0 Å². The predicted octanol–water partition coefficient (Wildman–Crippen LogP) is 4.68. The summed E-state index contributed by atoms with van der Waals surface area (Å²) in [5, 5.41) is 0. The topological polar surface area (TPSA) is 54.9 Å². The molecule has 6 heteroatoms. The average molecular weight is 472 g/mol. The summed E-state index contributed by atoms with van der Waals surface area (Å²) in [6, 6.07) is 22.6. The Balaban J connectivity index is 1.20. The molecule has 0 saturated carbocycles. The molecule has 1 amide bonds. The molecule has 0 radical (unpaired) electrons. The van der Waals surface area contributed by atoms with Crippen LogP contribution >= 0.6 is 0 Å². The van der Waals surface area contributed by atoms with Gasteiger partial charge in [-0.15, -0.1) is 0 Å². The molecular formula is C29H33N3O3. The van der Waals surface area contributed by atoms with E-state index in [2.05, 4.69) is 39.0 Å². The van der Waals surface area contributed by atoms with Crippen LogP contribution in [0.25, 0.3) is 0 Å². The van der Waals surface area contributed by atoms with Crippen molar-refractivity contribution in [2.24, 2.45) is 5.92 Å². The maximum atomic E-state index is 12.7. The van der Waals surface area contributed by atoms with E-state index in [1.54, 1.807) is 13.3 Å². The van der Waals surface area contributed by atoms with Gasteiger partial charge in [0, 0.05) is 38.3 Å². The van der Waals surface area contributed by atoms with Gasteiger partial charge in [-0.1, -0.05) is 42.5 Å². The number of hydrogen-bond donors (Lipinski definition) is 0. The van der Waals surface area contributed by atoms with Crippen LogP contribution < -0.4 is 9.47 Å². The van der Waals surface area contributed by atoms with Gasteiger partial charge in [0.05, 0.1) is 19.3 Å². The number of benzene rings is 2. The normalized spacial score (nSPS) is 20.4. The van der Waals surface area contributed by atoms with Crippen molar-refractivity contribution >= 4 is 5.91 Å². The fraction of sp³-hybridized carbons (Fsp3) is 0.379. The summed E-state index contributed by atoms with van der Waals surface area (Å²) < 4.78 is 11.7. The number of carbonyl (C=O) groups is 1. The molecule has 0 unspecified atom stereocenters. The number of ether oxygens (including phenoxy) is 2. The van der Waals surface area contributed by atoms with Crippen molar-refractivity contribution in [2.75, 3.05) is 20.2 Å². The van der Waals surface area contributed by atoms with Crippen molar-refractivity contribution in [3.8, 4) is 11.5 Å². The molecule has 5 rings (SSSR count). The summed E-state index contributed by atoms with van der Waals surface area (Å²) >= 11 is 0. The first kappa shape index (κ1) is 23.4. The summed E-state index contributed by atoms with van der Waals surface area (Å²) in [5.74, 6) is 2.29. The van der Waals surface area contributed by atoms with Gasteiger partial charge in [0.2, 0.25) is 5.91 Å². The Bertz CT molecular complexity index is 1120. The van der Waals surface area contributed by atoms with E-state index in [9.17, 15) is 4.79 Å². The monoisotopic (exact) mass is 471 g/mol. The van der Waals surface area contributed by atoms with Crippen LogP contribution in [0.5, 0.6) is 11.5 Å². The summed E-state index contributed by atoms with van der Waals surface area (Å²) in [6.45, 7) is 3.97.